The molecule has 0 N–H and O–H groups in total. The Morgan fingerprint density at radius 1 is 1.12 bits per heavy atom. The molecule has 0 radical (unpaired) electrons. The molecule has 3 rings (SSSR count). The number of unbranched alkanes of at least 4 members (excludes halogenated alkanes) is 2. The Bertz CT molecular complexity index is 611. The summed E-state index contributed by atoms with van der Waals surface area (Å²) >= 11 is 0. The predicted molar refractivity (Wildman–Crippen MR) is 99.1 cm³/mol. The molecule has 0 aromatic heterocycles. The van der Waals surface area contributed by atoms with Crippen LogP contribution in [-0.2, 0) is 9.47 Å². The van der Waals surface area contributed by atoms with Crippen molar-refractivity contribution in [1.29, 1.82) is 5.26 Å². The molecule has 1 aromatic rings. The van der Waals surface area contributed by atoms with Gasteiger partial charge in [0.05, 0.1) is 18.8 Å². The first kappa shape index (κ1) is 19.3. The first-order chi connectivity index (χ1) is 12.7. The quantitative estimate of drug-likeness (QED) is 0.626. The van der Waals surface area contributed by atoms with Gasteiger partial charge in [0.15, 0.2) is 6.29 Å². The Hall–Kier alpha value is -1.44. The van der Waals surface area contributed by atoms with E-state index in [1.165, 1.54) is 31.7 Å². The summed E-state index contributed by atoms with van der Waals surface area (Å²) in [6.45, 7) is 3.89. The van der Waals surface area contributed by atoms with E-state index in [0.717, 1.165) is 44.5 Å². The van der Waals surface area contributed by atoms with Crippen molar-refractivity contribution >= 4 is 0 Å². The van der Waals surface area contributed by atoms with Crippen LogP contribution in [0.2, 0.25) is 0 Å². The van der Waals surface area contributed by atoms with Gasteiger partial charge in [0.25, 0.3) is 0 Å². The molecule has 1 saturated carbocycles. The van der Waals surface area contributed by atoms with Crippen molar-refractivity contribution in [1.82, 2.24) is 0 Å². The first-order valence-electron chi connectivity index (χ1n) is 10.1. The third-order valence-electron chi connectivity index (χ3n) is 5.95. The van der Waals surface area contributed by atoms with Crippen LogP contribution in [-0.4, -0.2) is 19.5 Å². The van der Waals surface area contributed by atoms with Crippen molar-refractivity contribution in [2.75, 3.05) is 13.2 Å². The molecule has 142 valence electrons. The number of halogens is 1. The molecule has 0 bridgehead atoms. The summed E-state index contributed by atoms with van der Waals surface area (Å²) in [7, 11) is 0. The van der Waals surface area contributed by atoms with Crippen molar-refractivity contribution in [3.63, 3.8) is 0 Å². The van der Waals surface area contributed by atoms with Crippen LogP contribution in [0.25, 0.3) is 0 Å². The molecule has 1 heterocycles. The average molecular weight is 359 g/mol. The fraction of sp³-hybridized carbons (Fsp3) is 0.682. The SMILES string of the molecule is CCCCCC1COC(C2CCC(c3ccc(C#N)c(F)c3)CC2)OC1. The van der Waals surface area contributed by atoms with Crippen LogP contribution in [0.1, 0.15) is 75.3 Å². The van der Waals surface area contributed by atoms with Crippen LogP contribution < -0.4 is 0 Å². The first-order valence-corrected chi connectivity index (χ1v) is 10.1. The summed E-state index contributed by atoms with van der Waals surface area (Å²) in [6, 6.07) is 6.93. The highest BCUT2D eigenvalue weighted by Gasteiger charge is 2.32. The Labute approximate surface area is 156 Å². The summed E-state index contributed by atoms with van der Waals surface area (Å²) in [5.41, 5.74) is 1.14. The highest BCUT2D eigenvalue weighted by atomic mass is 19.1. The maximum Gasteiger partial charge on any atom is 0.160 e. The molecular weight excluding hydrogens is 329 g/mol. The van der Waals surface area contributed by atoms with Gasteiger partial charge in [-0.25, -0.2) is 4.39 Å². The van der Waals surface area contributed by atoms with Crippen molar-refractivity contribution in [2.24, 2.45) is 11.8 Å². The number of hydrogen-bond acceptors (Lipinski definition) is 3. The molecular formula is C22H30FNO2. The van der Waals surface area contributed by atoms with Gasteiger partial charge in [0.2, 0.25) is 0 Å². The number of benzene rings is 1. The lowest BCUT2D eigenvalue weighted by atomic mass is 9.78. The molecule has 2 aliphatic rings. The lowest BCUT2D eigenvalue weighted by molar-refractivity contribution is -0.229. The molecule has 1 aliphatic heterocycles. The van der Waals surface area contributed by atoms with E-state index in [2.05, 4.69) is 6.92 Å². The predicted octanol–water partition coefficient (Wildman–Crippen LogP) is 5.54. The third-order valence-corrected chi connectivity index (χ3v) is 5.95. The Morgan fingerprint density at radius 2 is 1.85 bits per heavy atom. The van der Waals surface area contributed by atoms with Gasteiger partial charge in [-0.3, -0.25) is 0 Å². The minimum Gasteiger partial charge on any atom is -0.352 e. The minimum atomic E-state index is -0.403. The topological polar surface area (TPSA) is 42.2 Å². The van der Waals surface area contributed by atoms with E-state index in [1.54, 1.807) is 6.07 Å². The van der Waals surface area contributed by atoms with Crippen LogP contribution >= 0.6 is 0 Å². The molecule has 4 heteroatoms. The second kappa shape index (κ2) is 9.48. The number of ether oxygens (including phenoxy) is 2. The van der Waals surface area contributed by atoms with E-state index in [0.29, 0.717) is 17.8 Å². The van der Waals surface area contributed by atoms with Gasteiger partial charge < -0.3 is 9.47 Å². The third kappa shape index (κ3) is 4.84. The number of nitriles is 1. The zero-order chi connectivity index (χ0) is 18.4. The van der Waals surface area contributed by atoms with Crippen LogP contribution in [0.15, 0.2) is 18.2 Å². The van der Waals surface area contributed by atoms with Gasteiger partial charge >= 0.3 is 0 Å². The van der Waals surface area contributed by atoms with E-state index in [1.807, 2.05) is 12.1 Å². The Morgan fingerprint density at radius 3 is 2.46 bits per heavy atom. The average Bonchev–Trinajstić information content (AvgIpc) is 2.69. The van der Waals surface area contributed by atoms with Gasteiger partial charge in [-0.2, -0.15) is 5.26 Å². The lowest BCUT2D eigenvalue weighted by Gasteiger charge is -2.37. The largest absolute Gasteiger partial charge is 0.352 e. The number of rotatable bonds is 6. The smallest absolute Gasteiger partial charge is 0.160 e. The highest BCUT2D eigenvalue weighted by Crippen LogP contribution is 2.39. The van der Waals surface area contributed by atoms with E-state index in [4.69, 9.17) is 14.7 Å². The summed E-state index contributed by atoms with van der Waals surface area (Å²) in [4.78, 5) is 0. The van der Waals surface area contributed by atoms with Gasteiger partial charge in [-0.1, -0.05) is 32.3 Å². The van der Waals surface area contributed by atoms with Crippen LogP contribution in [0, 0.1) is 29.0 Å². The molecule has 0 amide bonds. The van der Waals surface area contributed by atoms with E-state index in [9.17, 15) is 4.39 Å². The maximum atomic E-state index is 13.9. The van der Waals surface area contributed by atoms with E-state index < -0.39 is 5.82 Å². The fourth-order valence-corrected chi connectivity index (χ4v) is 4.28. The molecule has 1 aromatic carbocycles. The van der Waals surface area contributed by atoms with Gasteiger partial charge in [0.1, 0.15) is 11.9 Å². The lowest BCUT2D eigenvalue weighted by Crippen LogP contribution is -2.38. The molecule has 1 saturated heterocycles. The summed E-state index contributed by atoms with van der Waals surface area (Å²) in [6.07, 6.45) is 9.12. The van der Waals surface area contributed by atoms with Crippen molar-refractivity contribution in [2.45, 2.75) is 70.5 Å². The van der Waals surface area contributed by atoms with E-state index in [-0.39, 0.29) is 11.9 Å². The summed E-state index contributed by atoms with van der Waals surface area (Å²) < 4.78 is 25.9. The highest BCUT2D eigenvalue weighted by molar-refractivity contribution is 5.34. The number of nitrogens with zero attached hydrogens (tertiary/aromatic N) is 1. The standard InChI is InChI=1S/C22H30FNO2/c1-2-3-4-5-16-14-25-22(26-15-16)18-8-6-17(7-9-18)19-10-11-20(13-24)21(23)12-19/h10-12,16-18,22H,2-9,14-15H2,1H3. The minimum absolute atomic E-state index is 0.0592. The molecule has 3 nitrogen and oxygen atoms in total. The van der Waals surface area contributed by atoms with Crippen molar-refractivity contribution in [3.8, 4) is 6.07 Å². The maximum absolute atomic E-state index is 13.9. The molecule has 1 aliphatic carbocycles. The Kier molecular flexibility index (Phi) is 7.05. The Balaban J connectivity index is 1.44. The summed E-state index contributed by atoms with van der Waals surface area (Å²) in [5.74, 6) is 0.973. The van der Waals surface area contributed by atoms with Crippen LogP contribution in [0.3, 0.4) is 0 Å². The van der Waals surface area contributed by atoms with Gasteiger partial charge in [0, 0.05) is 11.8 Å². The molecule has 0 spiro atoms. The van der Waals surface area contributed by atoms with E-state index >= 15 is 0 Å². The zero-order valence-corrected chi connectivity index (χ0v) is 15.8. The number of hydrogen-bond donors (Lipinski definition) is 0. The molecule has 26 heavy (non-hydrogen) atoms. The second-order valence-corrected chi connectivity index (χ2v) is 7.86. The van der Waals surface area contributed by atoms with Gasteiger partial charge in [-0.15, -0.1) is 0 Å². The van der Waals surface area contributed by atoms with Crippen molar-refractivity contribution in [3.05, 3.63) is 35.1 Å². The molecule has 0 atom stereocenters. The van der Waals surface area contributed by atoms with Gasteiger partial charge in [-0.05, 0) is 55.7 Å². The molecule has 2 fully saturated rings. The summed E-state index contributed by atoms with van der Waals surface area (Å²) in [5, 5.41) is 8.86. The second-order valence-electron chi connectivity index (χ2n) is 7.86. The zero-order valence-electron chi connectivity index (χ0n) is 15.8. The normalized spacial score (nSPS) is 29.3. The van der Waals surface area contributed by atoms with Crippen molar-refractivity contribution < 1.29 is 13.9 Å². The fourth-order valence-electron chi connectivity index (χ4n) is 4.28. The van der Waals surface area contributed by atoms with Crippen LogP contribution in [0.4, 0.5) is 4.39 Å². The van der Waals surface area contributed by atoms with Crippen LogP contribution in [0.5, 0.6) is 0 Å². The molecule has 0 unspecified atom stereocenters. The monoisotopic (exact) mass is 359 g/mol.